The van der Waals surface area contributed by atoms with Gasteiger partial charge in [0.15, 0.2) is 5.82 Å². The molecule has 0 unspecified atom stereocenters. The van der Waals surface area contributed by atoms with E-state index in [1.165, 1.54) is 23.9 Å². The van der Waals surface area contributed by atoms with Crippen LogP contribution in [0.3, 0.4) is 0 Å². The average molecular weight is 361 g/mol. The Kier molecular flexibility index (Phi) is 5.03. The summed E-state index contributed by atoms with van der Waals surface area (Å²) in [5.41, 5.74) is 1.65. The number of thioether (sulfide) groups is 1. The lowest BCUT2D eigenvalue weighted by Crippen LogP contribution is -2.04. The summed E-state index contributed by atoms with van der Waals surface area (Å²) < 4.78 is 37.8. The fourth-order valence-electron chi connectivity index (χ4n) is 2.17. The number of aryl methyl sites for hydroxylation is 1. The van der Waals surface area contributed by atoms with Crippen LogP contribution < -0.4 is 0 Å². The minimum atomic E-state index is -4.31. The lowest BCUT2D eigenvalue weighted by molar-refractivity contribution is -0.137. The third-order valence-corrected chi connectivity index (χ3v) is 4.38. The van der Waals surface area contributed by atoms with Crippen molar-refractivity contribution in [1.29, 1.82) is 0 Å². The second kappa shape index (κ2) is 7.23. The Morgan fingerprint density at radius 2 is 1.76 bits per heavy atom. The van der Waals surface area contributed by atoms with E-state index >= 15 is 0 Å². The Hall–Kier alpha value is -2.41. The number of halogens is 3. The molecule has 0 aliphatic heterocycles. The SMILES string of the molecule is Cc1cc(SCc2ccc(C(F)(F)F)cc2)nc(-c2ccccn2)n1. The first kappa shape index (κ1) is 17.4. The van der Waals surface area contributed by atoms with E-state index in [1.807, 2.05) is 31.2 Å². The molecule has 1 aromatic carbocycles. The van der Waals surface area contributed by atoms with E-state index in [-0.39, 0.29) is 0 Å². The third kappa shape index (κ3) is 4.57. The molecule has 2 heterocycles. The van der Waals surface area contributed by atoms with Crippen LogP contribution in [0, 0.1) is 6.92 Å². The van der Waals surface area contributed by atoms with Gasteiger partial charge in [0.1, 0.15) is 10.7 Å². The summed E-state index contributed by atoms with van der Waals surface area (Å²) >= 11 is 1.45. The molecule has 0 aliphatic carbocycles. The molecule has 7 heteroatoms. The van der Waals surface area contributed by atoms with Crippen LogP contribution in [0.5, 0.6) is 0 Å². The lowest BCUT2D eigenvalue weighted by Gasteiger charge is -2.08. The minimum Gasteiger partial charge on any atom is -0.253 e. The van der Waals surface area contributed by atoms with Crippen molar-refractivity contribution in [2.24, 2.45) is 0 Å². The van der Waals surface area contributed by atoms with E-state index in [0.29, 0.717) is 17.3 Å². The van der Waals surface area contributed by atoms with Crippen LogP contribution in [0.1, 0.15) is 16.8 Å². The molecule has 0 spiro atoms. The molecular weight excluding hydrogens is 347 g/mol. The molecule has 0 atom stereocenters. The van der Waals surface area contributed by atoms with Crippen molar-refractivity contribution in [1.82, 2.24) is 15.0 Å². The van der Waals surface area contributed by atoms with Crippen LogP contribution in [-0.2, 0) is 11.9 Å². The standard InChI is InChI=1S/C18H14F3N3S/c1-12-10-16(24-17(23-12)15-4-2-3-9-22-15)25-11-13-5-7-14(8-6-13)18(19,20)21/h2-10H,11H2,1H3. The number of benzene rings is 1. The number of aromatic nitrogens is 3. The lowest BCUT2D eigenvalue weighted by atomic mass is 10.1. The minimum absolute atomic E-state index is 0.524. The number of alkyl halides is 3. The number of rotatable bonds is 4. The predicted molar refractivity (Wildman–Crippen MR) is 91.0 cm³/mol. The summed E-state index contributed by atoms with van der Waals surface area (Å²) in [5, 5.41) is 0.757. The molecule has 0 fully saturated rings. The Labute approximate surface area is 147 Å². The summed E-state index contributed by atoms with van der Waals surface area (Å²) in [6.45, 7) is 1.87. The molecule has 0 saturated carbocycles. The average Bonchev–Trinajstić information content (AvgIpc) is 2.60. The van der Waals surface area contributed by atoms with Gasteiger partial charge >= 0.3 is 6.18 Å². The van der Waals surface area contributed by atoms with Gasteiger partial charge in [0.25, 0.3) is 0 Å². The predicted octanol–water partition coefficient (Wildman–Crippen LogP) is 5.16. The highest BCUT2D eigenvalue weighted by Crippen LogP contribution is 2.30. The first-order valence-electron chi connectivity index (χ1n) is 7.48. The van der Waals surface area contributed by atoms with E-state index in [2.05, 4.69) is 15.0 Å². The second-order valence-corrected chi connectivity index (χ2v) is 6.37. The molecule has 128 valence electrons. The zero-order valence-electron chi connectivity index (χ0n) is 13.3. The molecule has 0 bridgehead atoms. The van der Waals surface area contributed by atoms with E-state index in [9.17, 15) is 13.2 Å². The quantitative estimate of drug-likeness (QED) is 0.475. The molecule has 0 aliphatic rings. The summed E-state index contributed by atoms with van der Waals surface area (Å²) in [6, 6.07) is 12.5. The van der Waals surface area contributed by atoms with Crippen molar-refractivity contribution in [3.63, 3.8) is 0 Å². The monoisotopic (exact) mass is 361 g/mol. The summed E-state index contributed by atoms with van der Waals surface area (Å²) in [5.74, 6) is 1.06. The van der Waals surface area contributed by atoms with Crippen LogP contribution in [0.25, 0.3) is 11.5 Å². The van der Waals surface area contributed by atoms with Gasteiger partial charge in [0.2, 0.25) is 0 Å². The van der Waals surface area contributed by atoms with Crippen LogP contribution in [0.15, 0.2) is 59.8 Å². The summed E-state index contributed by atoms with van der Waals surface area (Å²) in [6.07, 6.45) is -2.64. The Morgan fingerprint density at radius 1 is 1.00 bits per heavy atom. The van der Waals surface area contributed by atoms with Crippen LogP contribution in [0.2, 0.25) is 0 Å². The molecule has 2 aromatic heterocycles. The van der Waals surface area contributed by atoms with Crippen molar-refractivity contribution < 1.29 is 13.2 Å². The van der Waals surface area contributed by atoms with Gasteiger partial charge < -0.3 is 0 Å². The van der Waals surface area contributed by atoms with Gasteiger partial charge in [-0.25, -0.2) is 9.97 Å². The van der Waals surface area contributed by atoms with Crippen molar-refractivity contribution in [3.05, 3.63) is 71.5 Å². The van der Waals surface area contributed by atoms with E-state index in [1.54, 1.807) is 6.20 Å². The fraction of sp³-hybridized carbons (Fsp3) is 0.167. The molecule has 3 nitrogen and oxygen atoms in total. The Bertz CT molecular complexity index is 850. The summed E-state index contributed by atoms with van der Waals surface area (Å²) in [7, 11) is 0. The van der Waals surface area contributed by atoms with Crippen molar-refractivity contribution in [2.45, 2.75) is 23.9 Å². The highest BCUT2D eigenvalue weighted by molar-refractivity contribution is 7.98. The molecule has 0 amide bonds. The van der Waals surface area contributed by atoms with Crippen molar-refractivity contribution in [3.8, 4) is 11.5 Å². The topological polar surface area (TPSA) is 38.7 Å². The number of hydrogen-bond acceptors (Lipinski definition) is 4. The summed E-state index contributed by atoms with van der Waals surface area (Å²) in [4.78, 5) is 13.1. The van der Waals surface area contributed by atoms with E-state index in [4.69, 9.17) is 0 Å². The van der Waals surface area contributed by atoms with E-state index in [0.717, 1.165) is 28.4 Å². The Morgan fingerprint density at radius 3 is 2.40 bits per heavy atom. The first-order valence-corrected chi connectivity index (χ1v) is 8.46. The van der Waals surface area contributed by atoms with Gasteiger partial charge in [0.05, 0.1) is 5.56 Å². The Balaban J connectivity index is 1.74. The van der Waals surface area contributed by atoms with Crippen molar-refractivity contribution in [2.75, 3.05) is 0 Å². The molecule has 0 radical (unpaired) electrons. The second-order valence-electron chi connectivity index (χ2n) is 5.37. The molecule has 0 saturated heterocycles. The van der Waals surface area contributed by atoms with Gasteiger partial charge in [-0.2, -0.15) is 13.2 Å². The first-order chi connectivity index (χ1) is 11.9. The van der Waals surface area contributed by atoms with Gasteiger partial charge in [-0.15, -0.1) is 11.8 Å². The number of hydrogen-bond donors (Lipinski definition) is 0. The van der Waals surface area contributed by atoms with Crippen LogP contribution in [0.4, 0.5) is 13.2 Å². The highest BCUT2D eigenvalue weighted by Gasteiger charge is 2.29. The third-order valence-electron chi connectivity index (χ3n) is 3.39. The van der Waals surface area contributed by atoms with Gasteiger partial charge in [-0.1, -0.05) is 18.2 Å². The van der Waals surface area contributed by atoms with Crippen molar-refractivity contribution >= 4 is 11.8 Å². The molecule has 0 N–H and O–H groups in total. The van der Waals surface area contributed by atoms with E-state index < -0.39 is 11.7 Å². The number of pyridine rings is 1. The molecule has 3 aromatic rings. The molecule has 25 heavy (non-hydrogen) atoms. The smallest absolute Gasteiger partial charge is 0.253 e. The molecule has 3 rings (SSSR count). The zero-order valence-corrected chi connectivity index (χ0v) is 14.1. The maximum atomic E-state index is 12.6. The largest absolute Gasteiger partial charge is 0.416 e. The molecular formula is C18H14F3N3S. The van der Waals surface area contributed by atoms with Gasteiger partial charge in [-0.3, -0.25) is 4.98 Å². The number of nitrogens with zero attached hydrogens (tertiary/aromatic N) is 3. The maximum absolute atomic E-state index is 12.6. The van der Waals surface area contributed by atoms with Gasteiger partial charge in [0, 0.05) is 17.6 Å². The zero-order chi connectivity index (χ0) is 17.9. The van der Waals surface area contributed by atoms with Crippen LogP contribution in [-0.4, -0.2) is 15.0 Å². The highest BCUT2D eigenvalue weighted by atomic mass is 32.2. The maximum Gasteiger partial charge on any atom is 0.416 e. The fourth-order valence-corrected chi connectivity index (χ4v) is 3.08. The van der Waals surface area contributed by atoms with Crippen LogP contribution >= 0.6 is 11.8 Å². The normalized spacial score (nSPS) is 11.5. The van der Waals surface area contributed by atoms with Gasteiger partial charge in [-0.05, 0) is 42.8 Å².